The number of hydrogen-bond acceptors (Lipinski definition) is 2. The number of aromatic nitrogens is 2. The zero-order valence-electron chi connectivity index (χ0n) is 10.6. The SMILES string of the molecule is CCn1nc(CC(C)(C)C#N)c2ccccc21. The topological polar surface area (TPSA) is 41.6 Å². The van der Waals surface area contributed by atoms with E-state index < -0.39 is 0 Å². The first-order chi connectivity index (χ1) is 8.07. The molecule has 0 aliphatic carbocycles. The number of para-hydroxylation sites is 1. The van der Waals surface area contributed by atoms with Crippen molar-refractivity contribution < 1.29 is 0 Å². The van der Waals surface area contributed by atoms with Gasteiger partial charge in [0.2, 0.25) is 0 Å². The van der Waals surface area contributed by atoms with E-state index in [1.807, 2.05) is 30.7 Å². The Kier molecular flexibility index (Phi) is 2.89. The molecule has 1 aromatic carbocycles. The fourth-order valence-electron chi connectivity index (χ4n) is 2.03. The molecular weight excluding hydrogens is 210 g/mol. The fraction of sp³-hybridized carbons (Fsp3) is 0.429. The molecule has 0 radical (unpaired) electrons. The van der Waals surface area contributed by atoms with Gasteiger partial charge in [0.1, 0.15) is 0 Å². The van der Waals surface area contributed by atoms with Crippen LogP contribution in [0.1, 0.15) is 26.5 Å². The van der Waals surface area contributed by atoms with Crippen LogP contribution in [0.25, 0.3) is 10.9 Å². The van der Waals surface area contributed by atoms with E-state index in [2.05, 4.69) is 30.2 Å². The van der Waals surface area contributed by atoms with E-state index in [4.69, 9.17) is 5.26 Å². The maximum Gasteiger partial charge on any atom is 0.0719 e. The molecule has 0 atom stereocenters. The molecule has 0 spiro atoms. The third-order valence-electron chi connectivity index (χ3n) is 2.95. The number of hydrogen-bond donors (Lipinski definition) is 0. The molecule has 0 fully saturated rings. The van der Waals surface area contributed by atoms with Crippen molar-refractivity contribution in [3.8, 4) is 6.07 Å². The molecule has 0 aliphatic rings. The number of nitrogens with zero attached hydrogens (tertiary/aromatic N) is 3. The molecule has 0 bridgehead atoms. The summed E-state index contributed by atoms with van der Waals surface area (Å²) in [4.78, 5) is 0. The quantitative estimate of drug-likeness (QED) is 0.808. The van der Waals surface area contributed by atoms with Gasteiger partial charge in [-0.1, -0.05) is 18.2 Å². The summed E-state index contributed by atoms with van der Waals surface area (Å²) in [5.41, 5.74) is 1.81. The Hall–Kier alpha value is -1.82. The van der Waals surface area contributed by atoms with Crippen LogP contribution < -0.4 is 0 Å². The Morgan fingerprint density at radius 2 is 2.06 bits per heavy atom. The monoisotopic (exact) mass is 227 g/mol. The second kappa shape index (κ2) is 4.21. The van der Waals surface area contributed by atoms with Crippen LogP contribution in [0.4, 0.5) is 0 Å². The number of nitriles is 1. The second-order valence-electron chi connectivity index (χ2n) is 4.95. The zero-order valence-corrected chi connectivity index (χ0v) is 10.6. The van der Waals surface area contributed by atoms with Crippen LogP contribution >= 0.6 is 0 Å². The first-order valence-electron chi connectivity index (χ1n) is 5.93. The lowest BCUT2D eigenvalue weighted by Gasteiger charge is -2.12. The average molecular weight is 227 g/mol. The summed E-state index contributed by atoms with van der Waals surface area (Å²) in [6, 6.07) is 10.5. The average Bonchev–Trinajstić information content (AvgIpc) is 2.67. The van der Waals surface area contributed by atoms with Crippen LogP contribution in [0.15, 0.2) is 24.3 Å². The van der Waals surface area contributed by atoms with Crippen molar-refractivity contribution >= 4 is 10.9 Å². The summed E-state index contributed by atoms with van der Waals surface area (Å²) >= 11 is 0. The number of rotatable bonds is 3. The fourth-order valence-corrected chi connectivity index (χ4v) is 2.03. The molecule has 88 valence electrons. The van der Waals surface area contributed by atoms with Crippen molar-refractivity contribution in [3.05, 3.63) is 30.0 Å². The summed E-state index contributed by atoms with van der Waals surface area (Å²) < 4.78 is 2.00. The number of fused-ring (bicyclic) bond motifs is 1. The van der Waals surface area contributed by atoms with Crippen LogP contribution in [-0.4, -0.2) is 9.78 Å². The Balaban J connectivity index is 2.52. The van der Waals surface area contributed by atoms with Crippen LogP contribution in [0, 0.1) is 16.7 Å². The van der Waals surface area contributed by atoms with Crippen molar-refractivity contribution in [1.29, 1.82) is 5.26 Å². The summed E-state index contributed by atoms with van der Waals surface area (Å²) in [7, 11) is 0. The van der Waals surface area contributed by atoms with Gasteiger partial charge < -0.3 is 0 Å². The highest BCUT2D eigenvalue weighted by Crippen LogP contribution is 2.26. The number of aryl methyl sites for hydroxylation is 1. The molecule has 17 heavy (non-hydrogen) atoms. The molecule has 0 aliphatic heterocycles. The summed E-state index contributed by atoms with van der Waals surface area (Å²) in [5, 5.41) is 14.9. The Morgan fingerprint density at radius 3 is 2.71 bits per heavy atom. The molecule has 3 nitrogen and oxygen atoms in total. The molecule has 0 saturated carbocycles. The first kappa shape index (κ1) is 11.7. The van der Waals surface area contributed by atoms with E-state index in [1.165, 1.54) is 0 Å². The first-order valence-corrected chi connectivity index (χ1v) is 5.93. The van der Waals surface area contributed by atoms with Crippen molar-refractivity contribution in [2.75, 3.05) is 0 Å². The van der Waals surface area contributed by atoms with Gasteiger partial charge in [-0.3, -0.25) is 4.68 Å². The molecule has 0 N–H and O–H groups in total. The van der Waals surface area contributed by atoms with E-state index in [0.29, 0.717) is 6.42 Å². The molecule has 0 saturated heterocycles. The van der Waals surface area contributed by atoms with Gasteiger partial charge in [0.25, 0.3) is 0 Å². The van der Waals surface area contributed by atoms with Gasteiger partial charge >= 0.3 is 0 Å². The predicted molar refractivity (Wildman–Crippen MR) is 68.5 cm³/mol. The minimum Gasteiger partial charge on any atom is -0.265 e. The third kappa shape index (κ3) is 2.16. The highest BCUT2D eigenvalue weighted by molar-refractivity contribution is 5.82. The van der Waals surface area contributed by atoms with E-state index in [1.54, 1.807) is 0 Å². The molecule has 3 heteroatoms. The molecular formula is C14H17N3. The summed E-state index contributed by atoms with van der Waals surface area (Å²) in [6.45, 7) is 6.84. The van der Waals surface area contributed by atoms with Gasteiger partial charge in [-0.25, -0.2) is 0 Å². The van der Waals surface area contributed by atoms with Crippen LogP contribution in [0.3, 0.4) is 0 Å². The van der Waals surface area contributed by atoms with E-state index in [0.717, 1.165) is 23.1 Å². The highest BCUT2D eigenvalue weighted by atomic mass is 15.3. The molecule has 1 aromatic heterocycles. The van der Waals surface area contributed by atoms with Crippen molar-refractivity contribution in [3.63, 3.8) is 0 Å². The Labute approximate surface area is 102 Å². The van der Waals surface area contributed by atoms with Crippen molar-refractivity contribution in [1.82, 2.24) is 9.78 Å². The third-order valence-corrected chi connectivity index (χ3v) is 2.95. The van der Waals surface area contributed by atoms with Crippen LogP contribution in [0.5, 0.6) is 0 Å². The largest absolute Gasteiger partial charge is 0.265 e. The molecule has 1 heterocycles. The van der Waals surface area contributed by atoms with E-state index in [-0.39, 0.29) is 5.41 Å². The van der Waals surface area contributed by atoms with Gasteiger partial charge in [0, 0.05) is 18.4 Å². The lowest BCUT2D eigenvalue weighted by Crippen LogP contribution is -2.12. The van der Waals surface area contributed by atoms with E-state index in [9.17, 15) is 0 Å². The normalized spacial score (nSPS) is 11.6. The Morgan fingerprint density at radius 1 is 1.35 bits per heavy atom. The summed E-state index contributed by atoms with van der Waals surface area (Å²) in [6.07, 6.45) is 0.691. The lowest BCUT2D eigenvalue weighted by atomic mass is 9.89. The standard InChI is InChI=1S/C14H17N3/c1-4-17-13-8-6-5-7-11(13)12(16-17)9-14(2,3)10-15/h5-8H,4,9H2,1-3H3. The van der Waals surface area contributed by atoms with Crippen LogP contribution in [0.2, 0.25) is 0 Å². The lowest BCUT2D eigenvalue weighted by molar-refractivity contribution is 0.482. The maximum atomic E-state index is 9.11. The Bertz CT molecular complexity index is 573. The molecule has 0 unspecified atom stereocenters. The molecule has 0 amide bonds. The highest BCUT2D eigenvalue weighted by Gasteiger charge is 2.21. The van der Waals surface area contributed by atoms with Crippen molar-refractivity contribution in [2.45, 2.75) is 33.7 Å². The van der Waals surface area contributed by atoms with Gasteiger partial charge in [0.15, 0.2) is 0 Å². The van der Waals surface area contributed by atoms with Gasteiger partial charge in [-0.15, -0.1) is 0 Å². The van der Waals surface area contributed by atoms with Gasteiger partial charge in [-0.2, -0.15) is 10.4 Å². The molecule has 2 aromatic rings. The minimum atomic E-state index is -0.365. The predicted octanol–water partition coefficient (Wildman–Crippen LogP) is 3.15. The smallest absolute Gasteiger partial charge is 0.0719 e. The van der Waals surface area contributed by atoms with E-state index >= 15 is 0 Å². The maximum absolute atomic E-state index is 9.11. The van der Waals surface area contributed by atoms with Crippen molar-refractivity contribution in [2.24, 2.45) is 5.41 Å². The zero-order chi connectivity index (χ0) is 12.5. The second-order valence-corrected chi connectivity index (χ2v) is 4.95. The van der Waals surface area contributed by atoms with Gasteiger partial charge in [0.05, 0.1) is 22.7 Å². The number of benzene rings is 1. The van der Waals surface area contributed by atoms with Crippen LogP contribution in [-0.2, 0) is 13.0 Å². The molecule has 2 rings (SSSR count). The van der Waals surface area contributed by atoms with Gasteiger partial charge in [-0.05, 0) is 26.8 Å². The summed E-state index contributed by atoms with van der Waals surface area (Å²) in [5.74, 6) is 0. The minimum absolute atomic E-state index is 0.365.